The number of benzene rings is 1. The first-order valence-corrected chi connectivity index (χ1v) is 13.0. The largest absolute Gasteiger partial charge is 0.494 e. The van der Waals surface area contributed by atoms with Crippen LogP contribution in [0.4, 0.5) is 0 Å². The van der Waals surface area contributed by atoms with Crippen LogP contribution in [0.25, 0.3) is 33.6 Å². The lowest BCUT2D eigenvalue weighted by Crippen LogP contribution is -2.41. The Kier molecular flexibility index (Phi) is 4.74. The first kappa shape index (κ1) is 21.9. The molecule has 3 aliphatic rings. The van der Waals surface area contributed by atoms with Crippen LogP contribution in [-0.4, -0.2) is 55.6 Å². The van der Waals surface area contributed by atoms with Crippen molar-refractivity contribution in [2.45, 2.75) is 51.2 Å². The van der Waals surface area contributed by atoms with Gasteiger partial charge in [-0.15, -0.1) is 0 Å². The van der Waals surface area contributed by atoms with E-state index in [1.165, 1.54) is 12.8 Å². The molecule has 7 rings (SSSR count). The second-order valence-electron chi connectivity index (χ2n) is 11.0. The van der Waals surface area contributed by atoms with E-state index in [1.54, 1.807) is 7.11 Å². The third-order valence-electron chi connectivity index (χ3n) is 8.55. The molecular formula is C28H32N6O2. The minimum absolute atomic E-state index is 0.0209. The molecule has 1 saturated heterocycles. The number of fused-ring (bicyclic) bond motifs is 4. The molecule has 36 heavy (non-hydrogen) atoms. The van der Waals surface area contributed by atoms with Crippen molar-refractivity contribution in [2.24, 2.45) is 24.6 Å². The maximum Gasteiger partial charge on any atom is 0.254 e. The SMILES string of the molecule is COc1cc(C(=O)N2C[C@H]3CC[C@@H]2[C@@H]3N)cc2nc(-c3cc4cc(C)cnc4n3CC3CC3)n(C)c12. The lowest BCUT2D eigenvalue weighted by atomic mass is 10.1. The fourth-order valence-corrected chi connectivity index (χ4v) is 6.45. The zero-order valence-electron chi connectivity index (χ0n) is 21.1. The highest BCUT2D eigenvalue weighted by atomic mass is 16.5. The van der Waals surface area contributed by atoms with Gasteiger partial charge >= 0.3 is 0 Å². The normalized spacial score (nSPS) is 23.3. The molecule has 4 aromatic rings. The predicted molar refractivity (Wildman–Crippen MR) is 139 cm³/mol. The van der Waals surface area contributed by atoms with E-state index in [2.05, 4.69) is 28.2 Å². The van der Waals surface area contributed by atoms with Crippen LogP contribution in [0, 0.1) is 18.8 Å². The second-order valence-corrected chi connectivity index (χ2v) is 11.0. The monoisotopic (exact) mass is 484 g/mol. The molecule has 0 unspecified atom stereocenters. The van der Waals surface area contributed by atoms with E-state index >= 15 is 0 Å². The van der Waals surface area contributed by atoms with Crippen LogP contribution in [0.1, 0.15) is 41.6 Å². The number of nitrogens with zero attached hydrogens (tertiary/aromatic N) is 5. The zero-order chi connectivity index (χ0) is 24.7. The summed E-state index contributed by atoms with van der Waals surface area (Å²) in [5.74, 6) is 2.64. The molecule has 3 fully saturated rings. The first-order chi connectivity index (χ1) is 17.4. The van der Waals surface area contributed by atoms with Crippen LogP contribution in [0.15, 0.2) is 30.5 Å². The number of likely N-dealkylation sites (tertiary alicyclic amines) is 1. The van der Waals surface area contributed by atoms with Gasteiger partial charge in [0.15, 0.2) is 5.82 Å². The Labute approximate surface area is 210 Å². The van der Waals surface area contributed by atoms with Crippen LogP contribution in [0.3, 0.4) is 0 Å². The maximum absolute atomic E-state index is 13.6. The van der Waals surface area contributed by atoms with Gasteiger partial charge in [0.25, 0.3) is 5.91 Å². The minimum atomic E-state index is 0.0209. The number of methoxy groups -OCH3 is 1. The van der Waals surface area contributed by atoms with E-state index in [1.807, 2.05) is 30.3 Å². The highest BCUT2D eigenvalue weighted by Crippen LogP contribution is 2.40. The summed E-state index contributed by atoms with van der Waals surface area (Å²) in [7, 11) is 3.67. The molecule has 1 amide bonds. The predicted octanol–water partition coefficient (Wildman–Crippen LogP) is 3.88. The summed E-state index contributed by atoms with van der Waals surface area (Å²) in [4.78, 5) is 25.4. The van der Waals surface area contributed by atoms with Crippen molar-refractivity contribution in [3.8, 4) is 17.3 Å². The molecule has 4 heterocycles. The third kappa shape index (κ3) is 3.20. The van der Waals surface area contributed by atoms with E-state index in [0.29, 0.717) is 23.1 Å². The number of piperidine rings is 1. The molecule has 3 atom stereocenters. The van der Waals surface area contributed by atoms with E-state index < -0.39 is 0 Å². The number of rotatable bonds is 5. The molecule has 0 radical (unpaired) electrons. The van der Waals surface area contributed by atoms with Gasteiger partial charge in [-0.1, -0.05) is 0 Å². The van der Waals surface area contributed by atoms with Gasteiger partial charge in [0.05, 0.1) is 18.3 Å². The summed E-state index contributed by atoms with van der Waals surface area (Å²) in [6.07, 6.45) is 6.56. The van der Waals surface area contributed by atoms with Gasteiger partial charge in [-0.25, -0.2) is 9.97 Å². The van der Waals surface area contributed by atoms with Gasteiger partial charge < -0.3 is 24.5 Å². The summed E-state index contributed by atoms with van der Waals surface area (Å²) in [6.45, 7) is 3.75. The Morgan fingerprint density at radius 2 is 2.00 bits per heavy atom. The number of amides is 1. The highest BCUT2D eigenvalue weighted by Gasteiger charge is 2.47. The van der Waals surface area contributed by atoms with Crippen molar-refractivity contribution in [1.82, 2.24) is 24.0 Å². The van der Waals surface area contributed by atoms with Gasteiger partial charge in [-0.05, 0) is 74.3 Å². The van der Waals surface area contributed by atoms with Crippen molar-refractivity contribution in [2.75, 3.05) is 13.7 Å². The summed E-state index contributed by atoms with van der Waals surface area (Å²) >= 11 is 0. The first-order valence-electron chi connectivity index (χ1n) is 13.0. The fourth-order valence-electron chi connectivity index (χ4n) is 6.45. The minimum Gasteiger partial charge on any atom is -0.494 e. The number of pyridine rings is 1. The lowest BCUT2D eigenvalue weighted by molar-refractivity contribution is 0.0700. The molecule has 1 aliphatic heterocycles. The number of ether oxygens (including phenoxy) is 1. The highest BCUT2D eigenvalue weighted by molar-refractivity contribution is 6.00. The molecule has 1 aromatic carbocycles. The van der Waals surface area contributed by atoms with Crippen LogP contribution in [-0.2, 0) is 13.6 Å². The number of carbonyl (C=O) groups excluding carboxylic acids is 1. The molecule has 8 nitrogen and oxygen atoms in total. The van der Waals surface area contributed by atoms with Gasteiger partial charge in [0.2, 0.25) is 0 Å². The summed E-state index contributed by atoms with van der Waals surface area (Å²) in [5.41, 5.74) is 11.8. The van der Waals surface area contributed by atoms with Gasteiger partial charge in [0.1, 0.15) is 16.9 Å². The molecule has 0 spiro atoms. The third-order valence-corrected chi connectivity index (χ3v) is 8.55. The van der Waals surface area contributed by atoms with Crippen molar-refractivity contribution >= 4 is 28.0 Å². The average molecular weight is 485 g/mol. The molecule has 2 aliphatic carbocycles. The Hall–Kier alpha value is -3.39. The van der Waals surface area contributed by atoms with E-state index in [4.69, 9.17) is 20.4 Å². The van der Waals surface area contributed by atoms with Crippen molar-refractivity contribution in [3.63, 3.8) is 0 Å². The lowest BCUT2D eigenvalue weighted by Gasteiger charge is -2.27. The number of aromatic nitrogens is 4. The van der Waals surface area contributed by atoms with Crippen LogP contribution in [0.5, 0.6) is 5.75 Å². The fraction of sp³-hybridized carbons (Fsp3) is 0.464. The van der Waals surface area contributed by atoms with Crippen LogP contribution < -0.4 is 10.5 Å². The molecular weight excluding hydrogens is 452 g/mol. The Morgan fingerprint density at radius 3 is 2.69 bits per heavy atom. The standard InChI is InChI=1S/C28H32N6O2/c1-15-8-18-10-22(33(13-16-4-5-16)26(18)30-12-15)27-31-20-9-19(11-23(36-3)25(20)32(27)2)28(35)34-14-17-6-7-21(34)24(17)29/h8-12,16-17,21,24H,4-7,13-14,29H2,1-3H3/t17-,21-,24-/m1/s1. The van der Waals surface area contributed by atoms with Crippen molar-refractivity contribution in [3.05, 3.63) is 41.6 Å². The molecule has 3 aromatic heterocycles. The summed E-state index contributed by atoms with van der Waals surface area (Å²) in [6, 6.07) is 8.38. The van der Waals surface area contributed by atoms with Gasteiger partial charge in [-0.2, -0.15) is 0 Å². The second kappa shape index (κ2) is 7.80. The van der Waals surface area contributed by atoms with E-state index in [-0.39, 0.29) is 18.0 Å². The van der Waals surface area contributed by atoms with Gasteiger partial charge in [0, 0.05) is 49.4 Å². The molecule has 2 saturated carbocycles. The number of carbonyl (C=O) groups is 1. The molecule has 186 valence electrons. The number of imidazole rings is 1. The number of nitrogens with two attached hydrogens (primary N) is 1. The van der Waals surface area contributed by atoms with E-state index in [0.717, 1.165) is 65.1 Å². The van der Waals surface area contributed by atoms with Crippen molar-refractivity contribution < 1.29 is 9.53 Å². The number of aryl methyl sites for hydroxylation is 2. The molecule has 8 heteroatoms. The number of hydrogen-bond acceptors (Lipinski definition) is 5. The van der Waals surface area contributed by atoms with E-state index in [9.17, 15) is 4.79 Å². The smallest absolute Gasteiger partial charge is 0.254 e. The van der Waals surface area contributed by atoms with Gasteiger partial charge in [-0.3, -0.25) is 4.79 Å². The zero-order valence-corrected chi connectivity index (χ0v) is 21.1. The van der Waals surface area contributed by atoms with Crippen LogP contribution in [0.2, 0.25) is 0 Å². The Morgan fingerprint density at radius 1 is 1.17 bits per heavy atom. The summed E-state index contributed by atoms with van der Waals surface area (Å²) < 4.78 is 10.2. The quantitative estimate of drug-likeness (QED) is 0.464. The molecule has 2 N–H and O–H groups in total. The Bertz CT molecular complexity index is 1530. The van der Waals surface area contributed by atoms with Crippen molar-refractivity contribution in [1.29, 1.82) is 0 Å². The average Bonchev–Trinajstić information content (AvgIpc) is 3.28. The number of hydrogen-bond donors (Lipinski definition) is 1. The summed E-state index contributed by atoms with van der Waals surface area (Å²) in [5, 5.41) is 1.13. The van der Waals surface area contributed by atoms with Crippen LogP contribution >= 0.6 is 0 Å². The maximum atomic E-state index is 13.6. The molecule has 2 bridgehead atoms. The Balaban J connectivity index is 1.35. The topological polar surface area (TPSA) is 91.2 Å².